The summed E-state index contributed by atoms with van der Waals surface area (Å²) in [5.41, 5.74) is 2.78. The van der Waals surface area contributed by atoms with Gasteiger partial charge in [0.25, 0.3) is 17.1 Å². The Hall–Kier alpha value is -3.46. The Labute approximate surface area is 228 Å². The number of methoxy groups -OCH3 is 1. The van der Waals surface area contributed by atoms with Gasteiger partial charge in [0.05, 0.1) is 18.6 Å². The zero-order valence-corrected chi connectivity index (χ0v) is 22.2. The number of amides is 3. The highest BCUT2D eigenvalue weighted by molar-refractivity contribution is 8.18. The second-order valence-electron chi connectivity index (χ2n) is 8.03. The lowest BCUT2D eigenvalue weighted by molar-refractivity contribution is -0.123. The average molecular weight is 557 g/mol. The molecule has 1 fully saturated rings. The second kappa shape index (κ2) is 11.7. The van der Waals surface area contributed by atoms with E-state index in [0.717, 1.165) is 22.2 Å². The van der Waals surface area contributed by atoms with Gasteiger partial charge in [-0.25, -0.2) is 0 Å². The topological polar surface area (TPSA) is 84.9 Å². The highest BCUT2D eigenvalue weighted by Gasteiger charge is 2.35. The van der Waals surface area contributed by atoms with Gasteiger partial charge in [-0.2, -0.15) is 0 Å². The minimum absolute atomic E-state index is 0.0266. The predicted octanol–water partition coefficient (Wildman–Crippen LogP) is 6.56. The standard InChI is InChI=1S/C27H22Cl2N2O5S/c1-16-6-3-4-9-21(16)30-25(32)15-36-22-11-10-17(12-23(22)35-2)13-24-26(33)31(27(34)37-24)14-18-19(28)7-5-8-20(18)29/h3-13H,14-15H2,1-2H3,(H,30,32)/b24-13-. The maximum Gasteiger partial charge on any atom is 0.293 e. The van der Waals surface area contributed by atoms with E-state index in [-0.39, 0.29) is 24.0 Å². The molecule has 0 unspecified atom stereocenters. The number of aryl methyl sites for hydroxylation is 1. The average Bonchev–Trinajstić information content (AvgIpc) is 3.13. The summed E-state index contributed by atoms with van der Waals surface area (Å²) in [7, 11) is 1.47. The van der Waals surface area contributed by atoms with E-state index >= 15 is 0 Å². The molecule has 3 amide bonds. The fourth-order valence-corrected chi connectivity index (χ4v) is 4.92. The molecule has 3 aromatic carbocycles. The molecule has 3 aromatic rings. The summed E-state index contributed by atoms with van der Waals surface area (Å²) in [6.45, 7) is 1.66. The summed E-state index contributed by atoms with van der Waals surface area (Å²) in [5.74, 6) is -0.0218. The van der Waals surface area contributed by atoms with Crippen LogP contribution in [0.5, 0.6) is 11.5 Å². The molecule has 1 saturated heterocycles. The molecule has 1 aliphatic rings. The minimum Gasteiger partial charge on any atom is -0.493 e. The summed E-state index contributed by atoms with van der Waals surface area (Å²) < 4.78 is 11.1. The molecule has 190 valence electrons. The summed E-state index contributed by atoms with van der Waals surface area (Å²) in [4.78, 5) is 39.2. The molecule has 0 bridgehead atoms. The smallest absolute Gasteiger partial charge is 0.293 e. The Morgan fingerprint density at radius 1 is 1.03 bits per heavy atom. The Morgan fingerprint density at radius 3 is 2.46 bits per heavy atom. The zero-order valence-electron chi connectivity index (χ0n) is 19.9. The van der Waals surface area contributed by atoms with Crippen molar-refractivity contribution < 1.29 is 23.9 Å². The van der Waals surface area contributed by atoms with Gasteiger partial charge in [0.1, 0.15) is 0 Å². The third kappa shape index (κ3) is 6.28. The van der Waals surface area contributed by atoms with Crippen molar-refractivity contribution in [1.82, 2.24) is 4.90 Å². The summed E-state index contributed by atoms with van der Waals surface area (Å²) in [6, 6.07) is 17.4. The van der Waals surface area contributed by atoms with Crippen LogP contribution in [0, 0.1) is 6.92 Å². The van der Waals surface area contributed by atoms with Crippen LogP contribution in [0.1, 0.15) is 16.7 Å². The van der Waals surface area contributed by atoms with Crippen LogP contribution in [0.25, 0.3) is 6.08 Å². The first-order valence-corrected chi connectivity index (χ1v) is 12.7. The van der Waals surface area contributed by atoms with Gasteiger partial charge < -0.3 is 14.8 Å². The van der Waals surface area contributed by atoms with Crippen LogP contribution < -0.4 is 14.8 Å². The maximum absolute atomic E-state index is 12.9. The van der Waals surface area contributed by atoms with Gasteiger partial charge in [-0.15, -0.1) is 0 Å². The first kappa shape index (κ1) is 26.6. The lowest BCUT2D eigenvalue weighted by atomic mass is 10.1. The number of thioether (sulfide) groups is 1. The summed E-state index contributed by atoms with van der Waals surface area (Å²) >= 11 is 13.2. The van der Waals surface area contributed by atoms with E-state index in [1.54, 1.807) is 42.5 Å². The van der Waals surface area contributed by atoms with E-state index in [9.17, 15) is 14.4 Å². The number of hydrogen-bond acceptors (Lipinski definition) is 6. The van der Waals surface area contributed by atoms with Crippen molar-refractivity contribution >= 4 is 63.8 Å². The molecule has 0 aliphatic carbocycles. The molecule has 4 rings (SSSR count). The van der Waals surface area contributed by atoms with Gasteiger partial charge >= 0.3 is 0 Å². The molecule has 0 saturated carbocycles. The molecule has 7 nitrogen and oxygen atoms in total. The van der Waals surface area contributed by atoms with Crippen LogP contribution in [0.15, 0.2) is 65.6 Å². The number of rotatable bonds is 8. The Morgan fingerprint density at radius 2 is 1.76 bits per heavy atom. The monoisotopic (exact) mass is 556 g/mol. The highest BCUT2D eigenvalue weighted by atomic mass is 35.5. The molecular formula is C27H22Cl2N2O5S. The molecule has 10 heteroatoms. The zero-order chi connectivity index (χ0) is 26.5. The number of nitrogens with one attached hydrogen (secondary N) is 1. The lowest BCUT2D eigenvalue weighted by Gasteiger charge is -2.14. The number of carbonyl (C=O) groups is 3. The van der Waals surface area contributed by atoms with Crippen molar-refractivity contribution in [2.24, 2.45) is 0 Å². The van der Waals surface area contributed by atoms with Gasteiger partial charge in [0, 0.05) is 21.3 Å². The molecular weight excluding hydrogens is 535 g/mol. The van der Waals surface area contributed by atoms with Gasteiger partial charge in [-0.1, -0.05) is 53.5 Å². The van der Waals surface area contributed by atoms with Crippen LogP contribution >= 0.6 is 35.0 Å². The van der Waals surface area contributed by atoms with Crippen molar-refractivity contribution in [1.29, 1.82) is 0 Å². The molecule has 1 N–H and O–H groups in total. The van der Waals surface area contributed by atoms with Crippen LogP contribution in [-0.2, 0) is 16.1 Å². The molecule has 37 heavy (non-hydrogen) atoms. The van der Waals surface area contributed by atoms with Crippen molar-refractivity contribution in [3.8, 4) is 11.5 Å². The van der Waals surface area contributed by atoms with Crippen molar-refractivity contribution in [2.45, 2.75) is 13.5 Å². The normalized spacial score (nSPS) is 14.3. The van der Waals surface area contributed by atoms with Gasteiger partial charge in [0.15, 0.2) is 18.1 Å². The second-order valence-corrected chi connectivity index (χ2v) is 9.84. The largest absolute Gasteiger partial charge is 0.493 e. The molecule has 1 heterocycles. The predicted molar refractivity (Wildman–Crippen MR) is 146 cm³/mol. The number of halogens is 2. The van der Waals surface area contributed by atoms with Crippen molar-refractivity contribution in [3.05, 3.63) is 92.3 Å². The number of para-hydroxylation sites is 1. The molecule has 0 aromatic heterocycles. The number of anilines is 1. The van der Waals surface area contributed by atoms with Crippen LogP contribution in [-0.4, -0.2) is 35.7 Å². The van der Waals surface area contributed by atoms with Gasteiger partial charge in [0.2, 0.25) is 0 Å². The van der Waals surface area contributed by atoms with E-state index in [0.29, 0.717) is 38.4 Å². The van der Waals surface area contributed by atoms with E-state index < -0.39 is 11.1 Å². The Balaban J connectivity index is 1.44. The lowest BCUT2D eigenvalue weighted by Crippen LogP contribution is -2.27. The van der Waals surface area contributed by atoms with Gasteiger partial charge in [-0.3, -0.25) is 19.3 Å². The van der Waals surface area contributed by atoms with E-state index in [1.165, 1.54) is 7.11 Å². The SMILES string of the molecule is COc1cc(/C=C2\SC(=O)N(Cc3c(Cl)cccc3Cl)C2=O)ccc1OCC(=O)Nc1ccccc1C. The van der Waals surface area contributed by atoms with Crippen molar-refractivity contribution in [3.63, 3.8) is 0 Å². The van der Waals surface area contributed by atoms with Crippen LogP contribution in [0.4, 0.5) is 10.5 Å². The molecule has 1 aliphatic heterocycles. The third-order valence-electron chi connectivity index (χ3n) is 5.51. The van der Waals surface area contributed by atoms with E-state index in [2.05, 4.69) is 5.32 Å². The highest BCUT2D eigenvalue weighted by Crippen LogP contribution is 2.37. The third-order valence-corrected chi connectivity index (χ3v) is 7.13. The maximum atomic E-state index is 12.9. The Kier molecular flexibility index (Phi) is 8.43. The number of benzene rings is 3. The van der Waals surface area contributed by atoms with Gasteiger partial charge in [-0.05, 0) is 66.2 Å². The molecule has 0 radical (unpaired) electrons. The minimum atomic E-state index is -0.446. The first-order chi connectivity index (χ1) is 17.8. The summed E-state index contributed by atoms with van der Waals surface area (Å²) in [5, 5.41) is 3.15. The first-order valence-electron chi connectivity index (χ1n) is 11.1. The number of hydrogen-bond donors (Lipinski definition) is 1. The van der Waals surface area contributed by atoms with E-state index in [4.69, 9.17) is 32.7 Å². The quantitative estimate of drug-likeness (QED) is 0.316. The molecule has 0 atom stereocenters. The van der Waals surface area contributed by atoms with Crippen LogP contribution in [0.3, 0.4) is 0 Å². The number of carbonyl (C=O) groups excluding carboxylic acids is 3. The number of ether oxygens (including phenoxy) is 2. The van der Waals surface area contributed by atoms with Crippen LogP contribution in [0.2, 0.25) is 10.0 Å². The fourth-order valence-electron chi connectivity index (χ4n) is 3.57. The fraction of sp³-hybridized carbons (Fsp3) is 0.148. The summed E-state index contributed by atoms with van der Waals surface area (Å²) in [6.07, 6.45) is 1.59. The number of imide groups is 1. The van der Waals surface area contributed by atoms with Crippen molar-refractivity contribution in [2.75, 3.05) is 19.0 Å². The number of nitrogens with zero attached hydrogens (tertiary/aromatic N) is 1. The molecule has 0 spiro atoms. The van der Waals surface area contributed by atoms with E-state index in [1.807, 2.05) is 31.2 Å². The Bertz CT molecular complexity index is 1390.